The highest BCUT2D eigenvalue weighted by molar-refractivity contribution is 5.02. The van der Waals surface area contributed by atoms with E-state index < -0.39 is 0 Å². The van der Waals surface area contributed by atoms with Gasteiger partial charge >= 0.3 is 0 Å². The number of nitrogens with two attached hydrogens (primary N) is 1. The van der Waals surface area contributed by atoms with Crippen LogP contribution in [0.25, 0.3) is 0 Å². The minimum absolute atomic E-state index is 0.0321. The molecule has 0 aromatic carbocycles. The molecule has 2 aromatic rings. The van der Waals surface area contributed by atoms with Crippen LogP contribution in [-0.2, 0) is 6.54 Å². The second-order valence-electron chi connectivity index (χ2n) is 3.44. The monoisotopic (exact) mass is 206 g/mol. The molecule has 5 heteroatoms. The predicted molar refractivity (Wildman–Crippen MR) is 55.1 cm³/mol. The van der Waals surface area contributed by atoms with Crippen molar-refractivity contribution in [3.63, 3.8) is 0 Å². The molecule has 0 saturated carbocycles. The molecule has 0 saturated heterocycles. The number of hydrogen-bond donors (Lipinski definition) is 1. The van der Waals surface area contributed by atoms with E-state index in [4.69, 9.17) is 10.2 Å². The van der Waals surface area contributed by atoms with E-state index in [9.17, 15) is 0 Å². The first-order chi connectivity index (χ1) is 7.29. The SMILES string of the molecule is CCC(N)c1cn(Cc2ccco2)nn1. The summed E-state index contributed by atoms with van der Waals surface area (Å²) in [4.78, 5) is 0. The van der Waals surface area contributed by atoms with Crippen LogP contribution in [0.4, 0.5) is 0 Å². The maximum atomic E-state index is 5.84. The molecule has 0 aliphatic rings. The molecule has 80 valence electrons. The Morgan fingerprint density at radius 1 is 1.60 bits per heavy atom. The van der Waals surface area contributed by atoms with Gasteiger partial charge in [0.25, 0.3) is 0 Å². The van der Waals surface area contributed by atoms with Crippen LogP contribution in [0.3, 0.4) is 0 Å². The lowest BCUT2D eigenvalue weighted by Gasteiger charge is -2.01. The van der Waals surface area contributed by atoms with E-state index in [0.717, 1.165) is 17.9 Å². The lowest BCUT2D eigenvalue weighted by Crippen LogP contribution is -2.08. The molecule has 2 N–H and O–H groups in total. The molecule has 0 bridgehead atoms. The van der Waals surface area contributed by atoms with Gasteiger partial charge in [-0.3, -0.25) is 0 Å². The summed E-state index contributed by atoms with van der Waals surface area (Å²) in [6, 6.07) is 3.72. The number of rotatable bonds is 4. The van der Waals surface area contributed by atoms with Crippen LogP contribution >= 0.6 is 0 Å². The van der Waals surface area contributed by atoms with Crippen LogP contribution in [0.5, 0.6) is 0 Å². The van der Waals surface area contributed by atoms with E-state index in [1.165, 1.54) is 0 Å². The average Bonchev–Trinajstić information content (AvgIpc) is 2.88. The zero-order valence-corrected chi connectivity index (χ0v) is 8.63. The van der Waals surface area contributed by atoms with Gasteiger partial charge in [-0.2, -0.15) is 0 Å². The minimum atomic E-state index is -0.0321. The molecular weight excluding hydrogens is 192 g/mol. The molecule has 1 atom stereocenters. The van der Waals surface area contributed by atoms with Crippen LogP contribution < -0.4 is 5.73 Å². The van der Waals surface area contributed by atoms with E-state index in [1.54, 1.807) is 10.9 Å². The summed E-state index contributed by atoms with van der Waals surface area (Å²) in [6.07, 6.45) is 4.36. The third-order valence-electron chi connectivity index (χ3n) is 2.27. The maximum absolute atomic E-state index is 5.84. The minimum Gasteiger partial charge on any atom is -0.467 e. The summed E-state index contributed by atoms with van der Waals surface area (Å²) in [7, 11) is 0. The quantitative estimate of drug-likeness (QED) is 0.819. The molecule has 0 spiro atoms. The van der Waals surface area contributed by atoms with Crippen LogP contribution in [0.1, 0.15) is 30.8 Å². The van der Waals surface area contributed by atoms with Crippen molar-refractivity contribution in [3.8, 4) is 0 Å². The summed E-state index contributed by atoms with van der Waals surface area (Å²) in [6.45, 7) is 2.62. The van der Waals surface area contributed by atoms with Crippen LogP contribution in [0.15, 0.2) is 29.0 Å². The molecule has 0 aliphatic heterocycles. The summed E-state index contributed by atoms with van der Waals surface area (Å²) in [5, 5.41) is 8.00. The Hall–Kier alpha value is -1.62. The van der Waals surface area contributed by atoms with E-state index >= 15 is 0 Å². The molecule has 2 heterocycles. The highest BCUT2D eigenvalue weighted by Crippen LogP contribution is 2.10. The van der Waals surface area contributed by atoms with E-state index in [1.807, 2.05) is 25.3 Å². The first-order valence-corrected chi connectivity index (χ1v) is 4.97. The molecule has 0 fully saturated rings. The molecule has 1 unspecified atom stereocenters. The fourth-order valence-electron chi connectivity index (χ4n) is 1.33. The van der Waals surface area contributed by atoms with E-state index in [0.29, 0.717) is 6.54 Å². The Morgan fingerprint density at radius 3 is 3.13 bits per heavy atom. The van der Waals surface area contributed by atoms with Crippen molar-refractivity contribution in [2.24, 2.45) is 5.73 Å². The summed E-state index contributed by atoms with van der Waals surface area (Å²) >= 11 is 0. The summed E-state index contributed by atoms with van der Waals surface area (Å²) < 4.78 is 6.94. The first kappa shape index (κ1) is 9.92. The highest BCUT2D eigenvalue weighted by Gasteiger charge is 2.08. The molecule has 0 radical (unpaired) electrons. The normalized spacial score (nSPS) is 12.9. The first-order valence-electron chi connectivity index (χ1n) is 4.97. The van der Waals surface area contributed by atoms with Gasteiger partial charge in [-0.15, -0.1) is 5.10 Å². The third-order valence-corrected chi connectivity index (χ3v) is 2.27. The number of furan rings is 1. The molecule has 5 nitrogen and oxygen atoms in total. The Labute approximate surface area is 87.9 Å². The Kier molecular flexibility index (Phi) is 2.82. The third kappa shape index (κ3) is 2.24. The van der Waals surface area contributed by atoms with Gasteiger partial charge in [-0.25, -0.2) is 4.68 Å². The largest absolute Gasteiger partial charge is 0.467 e. The smallest absolute Gasteiger partial charge is 0.125 e. The Balaban J connectivity index is 2.07. The molecule has 0 amide bonds. The topological polar surface area (TPSA) is 69.9 Å². The second kappa shape index (κ2) is 4.27. The van der Waals surface area contributed by atoms with Gasteiger partial charge in [-0.05, 0) is 18.6 Å². The van der Waals surface area contributed by atoms with E-state index in [2.05, 4.69) is 10.3 Å². The lowest BCUT2D eigenvalue weighted by atomic mass is 10.2. The number of aromatic nitrogens is 3. The summed E-state index contributed by atoms with van der Waals surface area (Å²) in [5.74, 6) is 0.858. The summed E-state index contributed by atoms with van der Waals surface area (Å²) in [5.41, 5.74) is 6.66. The van der Waals surface area contributed by atoms with Gasteiger partial charge in [0.2, 0.25) is 0 Å². The van der Waals surface area contributed by atoms with Gasteiger partial charge in [0.05, 0.1) is 24.2 Å². The van der Waals surface area contributed by atoms with Crippen molar-refractivity contribution in [1.29, 1.82) is 0 Å². The fourth-order valence-corrected chi connectivity index (χ4v) is 1.33. The van der Waals surface area contributed by atoms with Gasteiger partial charge < -0.3 is 10.2 Å². The number of hydrogen-bond acceptors (Lipinski definition) is 4. The standard InChI is InChI=1S/C10H14N4O/c1-2-9(11)10-7-14(13-12-10)6-8-4-3-5-15-8/h3-5,7,9H,2,6,11H2,1H3. The molecular formula is C10H14N4O. The van der Waals surface area contributed by atoms with Gasteiger partial charge in [0, 0.05) is 0 Å². The van der Waals surface area contributed by atoms with Gasteiger partial charge in [-0.1, -0.05) is 12.1 Å². The van der Waals surface area contributed by atoms with Crippen molar-refractivity contribution in [2.75, 3.05) is 0 Å². The van der Waals surface area contributed by atoms with Crippen molar-refractivity contribution >= 4 is 0 Å². The zero-order valence-electron chi connectivity index (χ0n) is 8.63. The maximum Gasteiger partial charge on any atom is 0.125 e. The zero-order chi connectivity index (χ0) is 10.7. The van der Waals surface area contributed by atoms with Crippen molar-refractivity contribution in [1.82, 2.24) is 15.0 Å². The van der Waals surface area contributed by atoms with E-state index in [-0.39, 0.29) is 6.04 Å². The Morgan fingerprint density at radius 2 is 2.47 bits per heavy atom. The molecule has 0 aliphatic carbocycles. The van der Waals surface area contributed by atoms with Crippen LogP contribution in [0.2, 0.25) is 0 Å². The molecule has 15 heavy (non-hydrogen) atoms. The number of nitrogens with zero attached hydrogens (tertiary/aromatic N) is 3. The fraction of sp³-hybridized carbons (Fsp3) is 0.400. The lowest BCUT2D eigenvalue weighted by molar-refractivity contribution is 0.475. The Bertz CT molecular complexity index is 407. The average molecular weight is 206 g/mol. The van der Waals surface area contributed by atoms with Crippen LogP contribution in [0, 0.1) is 0 Å². The molecule has 2 rings (SSSR count). The van der Waals surface area contributed by atoms with Crippen molar-refractivity contribution < 1.29 is 4.42 Å². The predicted octanol–water partition coefficient (Wildman–Crippen LogP) is 1.33. The molecule has 2 aromatic heterocycles. The highest BCUT2D eigenvalue weighted by atomic mass is 16.3. The van der Waals surface area contributed by atoms with Crippen molar-refractivity contribution in [2.45, 2.75) is 25.9 Å². The second-order valence-corrected chi connectivity index (χ2v) is 3.44. The van der Waals surface area contributed by atoms with Gasteiger partial charge in [0.15, 0.2) is 0 Å². The van der Waals surface area contributed by atoms with Crippen LogP contribution in [-0.4, -0.2) is 15.0 Å². The van der Waals surface area contributed by atoms with Gasteiger partial charge in [0.1, 0.15) is 12.3 Å². The van der Waals surface area contributed by atoms with Crippen molar-refractivity contribution in [3.05, 3.63) is 36.0 Å².